The van der Waals surface area contributed by atoms with E-state index in [1.54, 1.807) is 0 Å². The summed E-state index contributed by atoms with van der Waals surface area (Å²) < 4.78 is 10.3. The van der Waals surface area contributed by atoms with Gasteiger partial charge in [0.05, 0.1) is 5.92 Å². The van der Waals surface area contributed by atoms with E-state index in [1.807, 2.05) is 5.33 Å². The van der Waals surface area contributed by atoms with Gasteiger partial charge >= 0.3 is 0 Å². The fraction of sp³-hybridized carbons (Fsp3) is 0.750. The van der Waals surface area contributed by atoms with Crippen LogP contribution in [-0.4, -0.2) is 16.1 Å². The number of halogens is 1. The molecule has 0 unspecified atom stereocenters. The highest BCUT2D eigenvalue weighted by Gasteiger charge is 2.30. The van der Waals surface area contributed by atoms with Gasteiger partial charge in [-0.15, -0.1) is 0 Å². The molecule has 41 valence electrons. The van der Waals surface area contributed by atoms with Crippen LogP contribution in [0, 0.1) is 11.2 Å². The van der Waals surface area contributed by atoms with Crippen LogP contribution < -0.4 is 0 Å². The quantitative estimate of drug-likeness (QED) is 0.553. The number of hydrogen-bond acceptors (Lipinski definition) is 1. The van der Waals surface area contributed by atoms with Gasteiger partial charge in [0.2, 0.25) is 0 Å². The normalized spacial score (nSPS) is 40.3. The molecule has 0 aromatic carbocycles. The van der Waals surface area contributed by atoms with Crippen molar-refractivity contribution in [1.82, 2.24) is 0 Å². The van der Waals surface area contributed by atoms with Crippen LogP contribution in [0.3, 0.4) is 0 Å². The summed E-state index contributed by atoms with van der Waals surface area (Å²) in [5.74, 6) is 2.32. The summed E-state index contributed by atoms with van der Waals surface area (Å²) in [5, 5.41) is 1.94. The largest absolute Gasteiger partial charge is 0.616 e. The van der Waals surface area contributed by atoms with Crippen molar-refractivity contribution >= 4 is 27.1 Å². The zero-order valence-corrected chi connectivity index (χ0v) is 6.17. The molecule has 3 heteroatoms. The van der Waals surface area contributed by atoms with Crippen molar-refractivity contribution in [3.8, 4) is 0 Å². The van der Waals surface area contributed by atoms with Crippen molar-refractivity contribution in [3.63, 3.8) is 0 Å². The van der Waals surface area contributed by atoms with E-state index < -0.39 is 11.2 Å². The molecule has 0 aromatic rings. The molecule has 1 saturated heterocycles. The summed E-state index contributed by atoms with van der Waals surface area (Å²) in [6.45, 7) is 0. The summed E-state index contributed by atoms with van der Waals surface area (Å²) in [6.07, 6.45) is 0. The summed E-state index contributed by atoms with van der Waals surface area (Å²) in [5.41, 5.74) is 0. The Labute approximate surface area is 54.8 Å². The van der Waals surface area contributed by atoms with E-state index in [9.17, 15) is 4.55 Å². The molecule has 1 heterocycles. The van der Waals surface area contributed by atoms with Crippen molar-refractivity contribution < 1.29 is 4.55 Å². The zero-order chi connectivity index (χ0) is 5.28. The second kappa shape index (κ2) is 2.37. The standard InChI is InChI=1S/C4H6BrOS/c5-1-4-2-7(6)3-4/h1,4H,2-3H2/t4-,7+. The second-order valence-corrected chi connectivity index (χ2v) is 3.73. The van der Waals surface area contributed by atoms with E-state index >= 15 is 0 Å². The van der Waals surface area contributed by atoms with Crippen LogP contribution in [-0.2, 0) is 11.2 Å². The molecule has 1 fully saturated rings. The van der Waals surface area contributed by atoms with Crippen molar-refractivity contribution in [2.75, 3.05) is 11.5 Å². The van der Waals surface area contributed by atoms with Crippen LogP contribution in [0.5, 0.6) is 0 Å². The molecule has 0 saturated carbocycles. The van der Waals surface area contributed by atoms with Gasteiger partial charge in [0.15, 0.2) is 0 Å². The Kier molecular flexibility index (Phi) is 2.01. The predicted molar refractivity (Wildman–Crippen MR) is 34.6 cm³/mol. The first-order chi connectivity index (χ1) is 3.33. The topological polar surface area (TPSA) is 23.1 Å². The molecule has 1 rings (SSSR count). The minimum absolute atomic E-state index is 0.483. The Bertz CT molecular complexity index is 62.7. The summed E-state index contributed by atoms with van der Waals surface area (Å²) >= 11 is 2.71. The van der Waals surface area contributed by atoms with Crippen LogP contribution in [0.2, 0.25) is 0 Å². The van der Waals surface area contributed by atoms with Crippen LogP contribution in [0.1, 0.15) is 0 Å². The minimum Gasteiger partial charge on any atom is -0.616 e. The molecule has 1 nitrogen and oxygen atoms in total. The van der Waals surface area contributed by atoms with Crippen LogP contribution in [0.25, 0.3) is 0 Å². The third kappa shape index (κ3) is 1.34. The maximum Gasteiger partial charge on any atom is 0.114 e. The van der Waals surface area contributed by atoms with E-state index in [-0.39, 0.29) is 0 Å². The first-order valence-electron chi connectivity index (χ1n) is 2.11. The van der Waals surface area contributed by atoms with Crippen molar-refractivity contribution in [2.24, 2.45) is 5.92 Å². The van der Waals surface area contributed by atoms with Gasteiger partial charge in [-0.1, -0.05) is 27.1 Å². The lowest BCUT2D eigenvalue weighted by Crippen LogP contribution is -2.35. The third-order valence-corrected chi connectivity index (χ3v) is 3.33. The molecule has 0 N–H and O–H groups in total. The molecule has 0 amide bonds. The molecule has 0 atom stereocenters. The third-order valence-electron chi connectivity index (χ3n) is 0.978. The summed E-state index contributed by atoms with van der Waals surface area (Å²) in [7, 11) is 0. The maximum atomic E-state index is 10.3. The average molecular weight is 182 g/mol. The second-order valence-electron chi connectivity index (χ2n) is 1.66. The molecule has 1 aliphatic heterocycles. The molecule has 0 aromatic heterocycles. The molecular weight excluding hydrogens is 176 g/mol. The number of rotatable bonds is 1. The van der Waals surface area contributed by atoms with Gasteiger partial charge in [0, 0.05) is 5.33 Å². The highest BCUT2D eigenvalue weighted by Crippen LogP contribution is 2.22. The molecule has 7 heavy (non-hydrogen) atoms. The molecular formula is C4H6BrOS. The Balaban J connectivity index is 2.06. The van der Waals surface area contributed by atoms with E-state index in [2.05, 4.69) is 15.9 Å². The van der Waals surface area contributed by atoms with Gasteiger partial charge in [0.25, 0.3) is 0 Å². The molecule has 1 radical (unpaired) electrons. The lowest BCUT2D eigenvalue weighted by atomic mass is 10.2. The van der Waals surface area contributed by atoms with Crippen molar-refractivity contribution in [1.29, 1.82) is 0 Å². The minimum atomic E-state index is -0.483. The van der Waals surface area contributed by atoms with Crippen LogP contribution in [0.15, 0.2) is 0 Å². The van der Waals surface area contributed by atoms with Gasteiger partial charge in [-0.05, 0) is 0 Å². The average Bonchev–Trinajstić information content (AvgIpc) is 1.58. The van der Waals surface area contributed by atoms with Crippen LogP contribution >= 0.6 is 15.9 Å². The Morgan fingerprint density at radius 3 is 2.43 bits per heavy atom. The highest BCUT2D eigenvalue weighted by atomic mass is 79.9. The Morgan fingerprint density at radius 2 is 2.29 bits per heavy atom. The van der Waals surface area contributed by atoms with Crippen molar-refractivity contribution in [3.05, 3.63) is 5.33 Å². The van der Waals surface area contributed by atoms with Gasteiger partial charge in [-0.2, -0.15) is 0 Å². The Hall–Kier alpha value is 0.790. The van der Waals surface area contributed by atoms with Gasteiger partial charge in [-0.3, -0.25) is 0 Å². The highest BCUT2D eigenvalue weighted by molar-refractivity contribution is 9.10. The van der Waals surface area contributed by atoms with E-state index in [0.717, 1.165) is 11.5 Å². The molecule has 1 aliphatic rings. The van der Waals surface area contributed by atoms with Crippen molar-refractivity contribution in [2.45, 2.75) is 0 Å². The van der Waals surface area contributed by atoms with Gasteiger partial charge in [-0.25, -0.2) is 0 Å². The maximum absolute atomic E-state index is 10.3. The summed E-state index contributed by atoms with van der Waals surface area (Å²) in [4.78, 5) is 0. The fourth-order valence-electron chi connectivity index (χ4n) is 0.501. The molecule has 0 spiro atoms. The van der Waals surface area contributed by atoms with E-state index in [0.29, 0.717) is 5.92 Å². The number of hydrogen-bond donors (Lipinski definition) is 0. The Morgan fingerprint density at radius 1 is 1.71 bits per heavy atom. The first-order valence-corrected chi connectivity index (χ1v) is 4.52. The summed E-state index contributed by atoms with van der Waals surface area (Å²) in [6, 6.07) is 0. The first kappa shape index (κ1) is 5.92. The molecule has 0 bridgehead atoms. The fourth-order valence-corrected chi connectivity index (χ4v) is 2.42. The smallest absolute Gasteiger partial charge is 0.114 e. The lowest BCUT2D eigenvalue weighted by molar-refractivity contribution is 0.555. The monoisotopic (exact) mass is 181 g/mol. The van der Waals surface area contributed by atoms with E-state index in [4.69, 9.17) is 0 Å². The SMILES string of the molecule is [O-][S@+]1C[C@H]([CH]Br)C1. The predicted octanol–water partition coefficient (Wildman–Crippen LogP) is 0.922. The van der Waals surface area contributed by atoms with Gasteiger partial charge < -0.3 is 4.55 Å². The lowest BCUT2D eigenvalue weighted by Gasteiger charge is -2.26. The van der Waals surface area contributed by atoms with Crippen LogP contribution in [0.4, 0.5) is 0 Å². The zero-order valence-electron chi connectivity index (χ0n) is 3.76. The van der Waals surface area contributed by atoms with E-state index in [1.165, 1.54) is 0 Å². The molecule has 0 aliphatic carbocycles. The van der Waals surface area contributed by atoms with Gasteiger partial charge in [0.1, 0.15) is 11.5 Å².